The van der Waals surface area contributed by atoms with Gasteiger partial charge in [0.05, 0.1) is 6.54 Å². The number of aliphatic carboxylic acids is 1. The number of carbonyl (C=O) groups is 2. The quantitative estimate of drug-likeness (QED) is 0.644. The molecule has 0 aromatic carbocycles. The Bertz CT molecular complexity index is 231. The highest BCUT2D eigenvalue weighted by atomic mass is 16.4. The van der Waals surface area contributed by atoms with Crippen LogP contribution in [0.4, 0.5) is 0 Å². The Morgan fingerprint density at radius 3 is 2.44 bits per heavy atom. The summed E-state index contributed by atoms with van der Waals surface area (Å²) in [7, 11) is 0. The molecule has 0 saturated carbocycles. The molecule has 5 nitrogen and oxygen atoms in total. The molecule has 2 N–H and O–H groups in total. The van der Waals surface area contributed by atoms with Gasteiger partial charge in [0.25, 0.3) is 0 Å². The van der Waals surface area contributed by atoms with Crippen LogP contribution < -0.4 is 5.32 Å². The summed E-state index contributed by atoms with van der Waals surface area (Å²) >= 11 is 0. The predicted octanol–water partition coefficient (Wildman–Crippen LogP) is 0.698. The van der Waals surface area contributed by atoms with Crippen LogP contribution in [0.5, 0.6) is 0 Å². The first kappa shape index (κ1) is 14.9. The summed E-state index contributed by atoms with van der Waals surface area (Å²) < 4.78 is 0. The van der Waals surface area contributed by atoms with Crippen LogP contribution in [0, 0.1) is 0 Å². The number of rotatable bonds is 8. The van der Waals surface area contributed by atoms with E-state index >= 15 is 0 Å². The number of nitrogens with zero attached hydrogens (tertiary/aromatic N) is 1. The van der Waals surface area contributed by atoms with Crippen molar-refractivity contribution in [3.05, 3.63) is 0 Å². The molecule has 94 valence electrons. The first-order valence-electron chi connectivity index (χ1n) is 5.75. The minimum absolute atomic E-state index is 0.229. The fourth-order valence-corrected chi connectivity index (χ4v) is 1.28. The number of likely N-dealkylation sites (N-methyl/N-ethyl adjacent to an activating group) is 1. The minimum atomic E-state index is -1.01. The Balaban J connectivity index is 3.95. The van der Waals surface area contributed by atoms with E-state index in [-0.39, 0.29) is 12.5 Å². The fourth-order valence-electron chi connectivity index (χ4n) is 1.28. The van der Waals surface area contributed by atoms with Crippen LogP contribution in [0.15, 0.2) is 0 Å². The van der Waals surface area contributed by atoms with E-state index in [1.54, 1.807) is 0 Å². The maximum Gasteiger partial charge on any atom is 0.325 e. The summed E-state index contributed by atoms with van der Waals surface area (Å²) in [5.74, 6) is -1.24. The van der Waals surface area contributed by atoms with Gasteiger partial charge in [0.15, 0.2) is 0 Å². The highest BCUT2D eigenvalue weighted by Crippen LogP contribution is 1.94. The van der Waals surface area contributed by atoms with Crippen molar-refractivity contribution in [3.8, 4) is 0 Å². The second kappa shape index (κ2) is 8.10. The van der Waals surface area contributed by atoms with E-state index in [9.17, 15) is 9.59 Å². The summed E-state index contributed by atoms with van der Waals surface area (Å²) in [6.07, 6.45) is 2.14. The van der Waals surface area contributed by atoms with Crippen molar-refractivity contribution in [1.82, 2.24) is 10.2 Å². The fraction of sp³-hybridized carbons (Fsp3) is 0.818. The lowest BCUT2D eigenvalue weighted by Gasteiger charge is -2.20. The third-order valence-corrected chi connectivity index (χ3v) is 2.39. The summed E-state index contributed by atoms with van der Waals surface area (Å²) in [5.41, 5.74) is 0. The maximum absolute atomic E-state index is 11.5. The van der Waals surface area contributed by atoms with E-state index in [1.807, 2.05) is 11.8 Å². The molecule has 16 heavy (non-hydrogen) atoms. The Labute approximate surface area is 96.8 Å². The van der Waals surface area contributed by atoms with Gasteiger partial charge < -0.3 is 10.4 Å². The summed E-state index contributed by atoms with van der Waals surface area (Å²) in [6, 6.07) is -0.822. The Morgan fingerprint density at radius 1 is 1.38 bits per heavy atom. The predicted molar refractivity (Wildman–Crippen MR) is 62.3 cm³/mol. The highest BCUT2D eigenvalue weighted by molar-refractivity contribution is 5.84. The van der Waals surface area contributed by atoms with E-state index in [0.29, 0.717) is 0 Å². The number of carboxylic acids is 1. The monoisotopic (exact) mass is 230 g/mol. The molecule has 0 fully saturated rings. The molecule has 0 saturated heterocycles. The van der Waals surface area contributed by atoms with E-state index in [2.05, 4.69) is 12.2 Å². The Hall–Kier alpha value is -1.10. The van der Waals surface area contributed by atoms with Crippen LogP contribution in [-0.2, 0) is 9.59 Å². The Morgan fingerprint density at radius 2 is 2.00 bits per heavy atom. The van der Waals surface area contributed by atoms with Gasteiger partial charge in [-0.15, -0.1) is 0 Å². The number of carbonyl (C=O) groups excluding carboxylic acids is 1. The molecule has 0 aliphatic heterocycles. The van der Waals surface area contributed by atoms with E-state index in [4.69, 9.17) is 5.11 Å². The van der Waals surface area contributed by atoms with Gasteiger partial charge in [-0.05, 0) is 26.4 Å². The minimum Gasteiger partial charge on any atom is -0.480 e. The summed E-state index contributed by atoms with van der Waals surface area (Å²) in [4.78, 5) is 24.0. The van der Waals surface area contributed by atoms with Gasteiger partial charge in [0, 0.05) is 0 Å². The molecule has 1 amide bonds. The third-order valence-electron chi connectivity index (χ3n) is 2.39. The van der Waals surface area contributed by atoms with Gasteiger partial charge in [-0.2, -0.15) is 0 Å². The molecule has 0 aromatic heterocycles. The molecule has 0 radical (unpaired) electrons. The second-order valence-corrected chi connectivity index (χ2v) is 3.85. The van der Waals surface area contributed by atoms with Crippen molar-refractivity contribution in [2.75, 3.05) is 19.6 Å². The zero-order valence-corrected chi connectivity index (χ0v) is 10.3. The molecule has 0 bridgehead atoms. The summed E-state index contributed by atoms with van der Waals surface area (Å²) in [6.45, 7) is 7.50. The van der Waals surface area contributed by atoms with Crippen molar-refractivity contribution < 1.29 is 14.7 Å². The van der Waals surface area contributed by atoms with Gasteiger partial charge in [-0.3, -0.25) is 14.5 Å². The van der Waals surface area contributed by atoms with Crippen LogP contribution in [0.1, 0.15) is 33.6 Å². The summed E-state index contributed by atoms with van der Waals surface area (Å²) in [5, 5.41) is 11.1. The lowest BCUT2D eigenvalue weighted by Crippen LogP contribution is -2.44. The van der Waals surface area contributed by atoms with Crippen LogP contribution in [-0.4, -0.2) is 47.6 Å². The first-order chi connectivity index (χ1) is 7.51. The molecule has 0 spiro atoms. The van der Waals surface area contributed by atoms with Crippen molar-refractivity contribution in [1.29, 1.82) is 0 Å². The van der Waals surface area contributed by atoms with Gasteiger partial charge in [-0.25, -0.2) is 0 Å². The topological polar surface area (TPSA) is 69.6 Å². The van der Waals surface area contributed by atoms with E-state index in [1.165, 1.54) is 6.92 Å². The van der Waals surface area contributed by atoms with E-state index in [0.717, 1.165) is 25.9 Å². The molecule has 0 rings (SSSR count). The average molecular weight is 230 g/mol. The zero-order valence-electron chi connectivity index (χ0n) is 10.3. The zero-order chi connectivity index (χ0) is 12.6. The molecular weight excluding hydrogens is 208 g/mol. The standard InChI is InChI=1S/C11H22N2O3/c1-4-6-7-13(5-2)8-10(14)12-9(3)11(15)16/h9H,4-8H2,1-3H3,(H,12,14)(H,15,16). The number of carboxylic acid groups (broad SMARTS) is 1. The largest absolute Gasteiger partial charge is 0.480 e. The number of hydrogen-bond acceptors (Lipinski definition) is 3. The van der Waals surface area contributed by atoms with Crippen LogP contribution in [0.25, 0.3) is 0 Å². The van der Waals surface area contributed by atoms with Gasteiger partial charge in [-0.1, -0.05) is 20.3 Å². The molecule has 5 heteroatoms. The van der Waals surface area contributed by atoms with Crippen molar-refractivity contribution in [2.24, 2.45) is 0 Å². The smallest absolute Gasteiger partial charge is 0.325 e. The average Bonchev–Trinajstić information content (AvgIpc) is 2.23. The van der Waals surface area contributed by atoms with Gasteiger partial charge in [0.1, 0.15) is 6.04 Å². The maximum atomic E-state index is 11.5. The lowest BCUT2D eigenvalue weighted by atomic mass is 10.3. The second-order valence-electron chi connectivity index (χ2n) is 3.85. The number of nitrogens with one attached hydrogen (secondary N) is 1. The van der Waals surface area contributed by atoms with Crippen molar-refractivity contribution in [3.63, 3.8) is 0 Å². The molecule has 1 atom stereocenters. The Kier molecular flexibility index (Phi) is 7.54. The van der Waals surface area contributed by atoms with Crippen molar-refractivity contribution in [2.45, 2.75) is 39.7 Å². The number of amides is 1. The lowest BCUT2D eigenvalue weighted by molar-refractivity contribution is -0.141. The van der Waals surface area contributed by atoms with Gasteiger partial charge >= 0.3 is 5.97 Å². The van der Waals surface area contributed by atoms with Crippen LogP contribution in [0.2, 0.25) is 0 Å². The number of unbranched alkanes of at least 4 members (excludes halogenated alkanes) is 1. The highest BCUT2D eigenvalue weighted by Gasteiger charge is 2.15. The number of hydrogen-bond donors (Lipinski definition) is 2. The molecule has 1 unspecified atom stereocenters. The molecular formula is C11H22N2O3. The van der Waals surface area contributed by atoms with Gasteiger partial charge in [0.2, 0.25) is 5.91 Å². The van der Waals surface area contributed by atoms with E-state index < -0.39 is 12.0 Å². The van der Waals surface area contributed by atoms with Crippen LogP contribution in [0.3, 0.4) is 0 Å². The van der Waals surface area contributed by atoms with Crippen LogP contribution >= 0.6 is 0 Å². The molecule has 0 aliphatic rings. The molecule has 0 aromatic rings. The molecule has 0 heterocycles. The van der Waals surface area contributed by atoms with Crippen molar-refractivity contribution >= 4 is 11.9 Å². The third kappa shape index (κ3) is 6.40. The first-order valence-corrected chi connectivity index (χ1v) is 5.75. The normalized spacial score (nSPS) is 12.5. The SMILES string of the molecule is CCCCN(CC)CC(=O)NC(C)C(=O)O. The molecule has 0 aliphatic carbocycles.